The third-order valence-corrected chi connectivity index (χ3v) is 11.3. The van der Waals surface area contributed by atoms with Crippen molar-refractivity contribution < 1.29 is 34.4 Å². The van der Waals surface area contributed by atoms with Gasteiger partial charge in [0.05, 0.1) is 11.3 Å². The zero-order valence-electron chi connectivity index (χ0n) is 34.6. The second-order valence-electron chi connectivity index (χ2n) is 16.7. The number of aromatic nitrogens is 1. The van der Waals surface area contributed by atoms with Gasteiger partial charge >= 0.3 is 0 Å². The Morgan fingerprint density at radius 2 is 1.52 bits per heavy atom. The van der Waals surface area contributed by atoms with E-state index in [1.165, 1.54) is 33.7 Å². The molecule has 1 N–H and O–H groups in total. The number of aryl methyl sites for hydroxylation is 2. The molecule has 0 aliphatic carbocycles. The number of aliphatic hydroxyl groups excluding tert-OH is 1. The number of fused-ring (bicyclic) bond motifs is 6. The van der Waals surface area contributed by atoms with Crippen molar-refractivity contribution in [2.24, 2.45) is 17.3 Å². The Kier molecular flexibility index (Phi) is 13.8. The molecule has 5 heteroatoms. The molecule has 4 nitrogen and oxygen atoms in total. The fourth-order valence-electron chi connectivity index (χ4n) is 7.60. The molecule has 2 heterocycles. The molecule has 0 atom stereocenters. The fraction of sp³-hybridized carbons (Fsp3) is 0.429. The van der Waals surface area contributed by atoms with Gasteiger partial charge in [0.1, 0.15) is 11.2 Å². The van der Waals surface area contributed by atoms with E-state index in [-0.39, 0.29) is 48.4 Å². The number of para-hydroxylation sites is 1. The molecule has 0 unspecified atom stereocenters. The van der Waals surface area contributed by atoms with Crippen LogP contribution in [-0.4, -0.2) is 15.9 Å². The number of hydrogen-bond acceptors (Lipinski definition) is 4. The third-order valence-electron chi connectivity index (χ3n) is 11.3. The average molecular weight is 903 g/mol. The first kappa shape index (κ1) is 42.9. The molecule has 0 saturated heterocycles. The molecular formula is C49H60IrNO3-. The number of rotatable bonds is 10. The van der Waals surface area contributed by atoms with E-state index in [2.05, 4.69) is 115 Å². The maximum Gasteiger partial charge on any atom is 0.164 e. The summed E-state index contributed by atoms with van der Waals surface area (Å²) in [5.74, 6) is 0.979. The summed E-state index contributed by atoms with van der Waals surface area (Å²) < 4.78 is 6.81. The van der Waals surface area contributed by atoms with Crippen molar-refractivity contribution in [1.82, 2.24) is 4.98 Å². The second kappa shape index (κ2) is 17.3. The number of furan rings is 1. The summed E-state index contributed by atoms with van der Waals surface area (Å²) in [6, 6.07) is 25.6. The van der Waals surface area contributed by atoms with Gasteiger partial charge in [-0.2, -0.15) is 0 Å². The molecule has 0 amide bonds. The quantitative estimate of drug-likeness (QED) is 0.0845. The van der Waals surface area contributed by atoms with Gasteiger partial charge in [-0.25, -0.2) is 0 Å². The van der Waals surface area contributed by atoms with E-state index >= 15 is 0 Å². The molecule has 6 aromatic rings. The van der Waals surface area contributed by atoms with Crippen LogP contribution in [0.2, 0.25) is 0 Å². The van der Waals surface area contributed by atoms with Crippen molar-refractivity contribution in [3.63, 3.8) is 0 Å². The molecule has 0 saturated carbocycles. The summed E-state index contributed by atoms with van der Waals surface area (Å²) in [7, 11) is 0. The Hall–Kier alpha value is -3.79. The van der Waals surface area contributed by atoms with E-state index < -0.39 is 0 Å². The van der Waals surface area contributed by atoms with Gasteiger partial charge in [-0.3, -0.25) is 9.78 Å². The van der Waals surface area contributed by atoms with Crippen LogP contribution < -0.4 is 0 Å². The van der Waals surface area contributed by atoms with Crippen LogP contribution in [0.3, 0.4) is 0 Å². The molecule has 0 fully saturated rings. The Balaban J connectivity index is 0.000000327. The molecular weight excluding hydrogens is 843 g/mol. The van der Waals surface area contributed by atoms with Crippen LogP contribution in [0, 0.1) is 37.2 Å². The predicted molar refractivity (Wildman–Crippen MR) is 226 cm³/mol. The van der Waals surface area contributed by atoms with Gasteiger partial charge in [-0.1, -0.05) is 123 Å². The molecule has 0 aliphatic heterocycles. The average Bonchev–Trinajstić information content (AvgIpc) is 3.50. The predicted octanol–water partition coefficient (Wildman–Crippen LogP) is 14.1. The van der Waals surface area contributed by atoms with E-state index in [0.717, 1.165) is 81.6 Å². The van der Waals surface area contributed by atoms with Gasteiger partial charge in [-0.05, 0) is 80.0 Å². The standard InChI is InChI=1S/C35H34NO.C14H26O2.Ir/c1-20(2)15-24-12-10-14-27-31-32(25-18-23-11-8-9-13-26(23)28(19-25)35(5,6)7)36-29-17-21(3)16-22(4)30(29)34(31)37-33(24)27;1-6-11(7-2)12(15)10-13(16)14(5,8-3)9-4;/h8-14,16-17,19-20H,15H2,1-7H3;10-11,15H,6-9H2,1-5H3;/q-1;;/b;12-10-;. The van der Waals surface area contributed by atoms with Crippen molar-refractivity contribution >= 4 is 49.4 Å². The molecule has 0 bridgehead atoms. The summed E-state index contributed by atoms with van der Waals surface area (Å²) in [6.45, 7) is 25.7. The number of pyridine rings is 1. The number of benzene rings is 4. The van der Waals surface area contributed by atoms with Gasteiger partial charge in [-0.15, -0.1) is 29.1 Å². The van der Waals surface area contributed by atoms with E-state index in [9.17, 15) is 9.90 Å². The van der Waals surface area contributed by atoms with Crippen LogP contribution in [-0.2, 0) is 36.7 Å². The summed E-state index contributed by atoms with van der Waals surface area (Å²) >= 11 is 0. The molecule has 0 aliphatic rings. The number of nitrogens with zero attached hydrogens (tertiary/aromatic N) is 1. The molecule has 4 aromatic carbocycles. The van der Waals surface area contributed by atoms with Gasteiger partial charge in [0.15, 0.2) is 5.78 Å². The van der Waals surface area contributed by atoms with Crippen LogP contribution in [0.25, 0.3) is 54.9 Å². The number of ketones is 1. The van der Waals surface area contributed by atoms with E-state index in [0.29, 0.717) is 5.92 Å². The van der Waals surface area contributed by atoms with Crippen LogP contribution in [0.5, 0.6) is 0 Å². The number of hydrogen-bond donors (Lipinski definition) is 1. The van der Waals surface area contributed by atoms with Crippen LogP contribution in [0.4, 0.5) is 0 Å². The Bertz CT molecular complexity index is 2290. The summed E-state index contributed by atoms with van der Waals surface area (Å²) in [4.78, 5) is 17.4. The molecule has 289 valence electrons. The van der Waals surface area contributed by atoms with E-state index in [1.54, 1.807) is 0 Å². The maximum absolute atomic E-state index is 12.0. The first-order valence-corrected chi connectivity index (χ1v) is 19.7. The summed E-state index contributed by atoms with van der Waals surface area (Å²) in [6.07, 6.45) is 5.81. The molecule has 2 aromatic heterocycles. The fourth-order valence-corrected chi connectivity index (χ4v) is 7.60. The van der Waals surface area contributed by atoms with Gasteiger partial charge in [0, 0.05) is 59.4 Å². The van der Waals surface area contributed by atoms with Gasteiger partial charge in [0.2, 0.25) is 0 Å². The smallest absolute Gasteiger partial charge is 0.164 e. The number of carbonyl (C=O) groups is 1. The topological polar surface area (TPSA) is 63.3 Å². The van der Waals surface area contributed by atoms with Gasteiger partial charge < -0.3 is 9.52 Å². The summed E-state index contributed by atoms with van der Waals surface area (Å²) in [5, 5.41) is 15.6. The summed E-state index contributed by atoms with van der Waals surface area (Å²) in [5.41, 5.74) is 9.49. The van der Waals surface area contributed by atoms with Crippen LogP contribution >= 0.6 is 0 Å². The molecule has 54 heavy (non-hydrogen) atoms. The van der Waals surface area contributed by atoms with Crippen molar-refractivity contribution in [3.05, 3.63) is 101 Å². The number of carbonyl (C=O) groups excluding carboxylic acids is 1. The largest absolute Gasteiger partial charge is 0.512 e. The first-order chi connectivity index (χ1) is 25.1. The first-order valence-electron chi connectivity index (χ1n) is 19.7. The van der Waals surface area contributed by atoms with Gasteiger partial charge in [0.25, 0.3) is 0 Å². The second-order valence-corrected chi connectivity index (χ2v) is 16.7. The maximum atomic E-state index is 12.0. The molecule has 0 spiro atoms. The van der Waals surface area contributed by atoms with Crippen LogP contribution in [0.1, 0.15) is 117 Å². The van der Waals surface area contributed by atoms with E-state index in [4.69, 9.17) is 9.40 Å². The zero-order chi connectivity index (χ0) is 38.8. The normalized spacial score (nSPS) is 12.5. The Morgan fingerprint density at radius 1 is 0.870 bits per heavy atom. The Morgan fingerprint density at radius 3 is 2.13 bits per heavy atom. The van der Waals surface area contributed by atoms with Crippen molar-refractivity contribution in [2.45, 2.75) is 121 Å². The van der Waals surface area contributed by atoms with Crippen molar-refractivity contribution in [2.75, 3.05) is 0 Å². The minimum Gasteiger partial charge on any atom is -0.512 e. The van der Waals surface area contributed by atoms with Crippen molar-refractivity contribution in [3.8, 4) is 11.3 Å². The Labute approximate surface area is 337 Å². The minimum absolute atomic E-state index is 0. The number of allylic oxidation sites excluding steroid dienone is 2. The third kappa shape index (κ3) is 8.69. The SMILES string of the molecule is CCC(CC)/C(O)=C/C(=O)C(C)(CC)CC.Cc1cc(C)c2c(c1)nc(-c1[c-]c3ccccc3c(C(C)(C)C)c1)c1c3cccc(CC(C)C)c3oc21.[Ir]. The van der Waals surface area contributed by atoms with E-state index in [1.807, 2.05) is 34.6 Å². The van der Waals surface area contributed by atoms with Crippen LogP contribution in [0.15, 0.2) is 76.9 Å². The molecule has 6 rings (SSSR count). The monoisotopic (exact) mass is 903 g/mol. The van der Waals surface area contributed by atoms with Crippen molar-refractivity contribution in [1.29, 1.82) is 0 Å². The minimum atomic E-state index is -0.319. The zero-order valence-corrected chi connectivity index (χ0v) is 37.0. The number of aliphatic hydroxyl groups is 1. The molecule has 1 radical (unpaired) electrons.